The monoisotopic (exact) mass is 393 g/mol. The first-order chi connectivity index (χ1) is 11.0. The van der Waals surface area contributed by atoms with Crippen molar-refractivity contribution in [2.24, 2.45) is 5.14 Å². The van der Waals surface area contributed by atoms with Crippen molar-refractivity contribution < 1.29 is 30.9 Å². The third-order valence-corrected chi connectivity index (χ3v) is 5.12. The number of ether oxygens (including phenoxy) is 2. The second kappa shape index (κ2) is 6.57. The summed E-state index contributed by atoms with van der Waals surface area (Å²) in [5, 5.41) is 4.65. The lowest BCUT2D eigenvalue weighted by atomic mass is 10.3. The van der Waals surface area contributed by atoms with E-state index >= 15 is 0 Å². The van der Waals surface area contributed by atoms with Gasteiger partial charge >= 0.3 is 0 Å². The van der Waals surface area contributed by atoms with Gasteiger partial charge < -0.3 is 9.47 Å². The number of nitrogens with two attached hydrogens (primary N) is 1. The molecule has 0 aliphatic carbocycles. The van der Waals surface area contributed by atoms with Crippen molar-refractivity contribution in [2.45, 2.75) is 9.79 Å². The Hall–Kier alpha value is -1.85. The van der Waals surface area contributed by atoms with E-state index < -0.39 is 35.0 Å². The van der Waals surface area contributed by atoms with Crippen LogP contribution in [0, 0.1) is 0 Å². The van der Waals surface area contributed by atoms with Gasteiger partial charge in [0, 0.05) is 6.07 Å². The largest absolute Gasteiger partial charge is 0.497 e. The molecular formula is C13H12ClNO7S2. The van der Waals surface area contributed by atoms with E-state index in [2.05, 4.69) is 0 Å². The first-order valence-corrected chi connectivity index (χ1v) is 9.54. The number of methoxy groups -OCH3 is 1. The van der Waals surface area contributed by atoms with Crippen molar-refractivity contribution in [3.8, 4) is 17.2 Å². The van der Waals surface area contributed by atoms with Crippen LogP contribution in [0.15, 0.2) is 46.2 Å². The minimum Gasteiger partial charge on any atom is -0.497 e. The van der Waals surface area contributed by atoms with Gasteiger partial charge in [-0.05, 0) is 30.3 Å². The van der Waals surface area contributed by atoms with Crippen LogP contribution in [0.25, 0.3) is 0 Å². The molecule has 24 heavy (non-hydrogen) atoms. The average molecular weight is 394 g/mol. The molecule has 8 nitrogen and oxygen atoms in total. The number of primary sulfonamides is 1. The average Bonchev–Trinajstić information content (AvgIpc) is 2.45. The Morgan fingerprint density at radius 3 is 2.00 bits per heavy atom. The summed E-state index contributed by atoms with van der Waals surface area (Å²) >= 11 is 5.78. The van der Waals surface area contributed by atoms with Gasteiger partial charge in [-0.3, -0.25) is 4.55 Å². The molecule has 0 saturated carbocycles. The Morgan fingerprint density at radius 2 is 1.54 bits per heavy atom. The minimum absolute atomic E-state index is 0.233. The summed E-state index contributed by atoms with van der Waals surface area (Å²) < 4.78 is 65.4. The lowest BCUT2D eigenvalue weighted by Gasteiger charge is -2.12. The molecule has 0 heterocycles. The first-order valence-electron chi connectivity index (χ1n) is 6.18. The van der Waals surface area contributed by atoms with Gasteiger partial charge in [-0.2, -0.15) is 8.42 Å². The van der Waals surface area contributed by atoms with Crippen molar-refractivity contribution in [1.82, 2.24) is 0 Å². The predicted molar refractivity (Wildman–Crippen MR) is 85.7 cm³/mol. The van der Waals surface area contributed by atoms with E-state index in [4.69, 9.17) is 30.8 Å². The molecule has 0 aliphatic heterocycles. The zero-order valence-corrected chi connectivity index (χ0v) is 14.5. The van der Waals surface area contributed by atoms with Crippen molar-refractivity contribution in [3.63, 3.8) is 0 Å². The maximum absolute atomic E-state index is 11.7. The number of sulfonamides is 1. The molecule has 2 aromatic rings. The highest BCUT2D eigenvalue weighted by Gasteiger charge is 2.24. The first kappa shape index (κ1) is 18.5. The Bertz CT molecular complexity index is 970. The fraction of sp³-hybridized carbons (Fsp3) is 0.0769. The van der Waals surface area contributed by atoms with E-state index in [9.17, 15) is 16.8 Å². The summed E-state index contributed by atoms with van der Waals surface area (Å²) in [4.78, 5) is -1.44. The molecular weight excluding hydrogens is 382 g/mol. The van der Waals surface area contributed by atoms with Crippen molar-refractivity contribution >= 4 is 31.7 Å². The molecule has 2 aromatic carbocycles. The van der Waals surface area contributed by atoms with Crippen LogP contribution in [-0.2, 0) is 20.1 Å². The van der Waals surface area contributed by atoms with Crippen molar-refractivity contribution in [2.75, 3.05) is 7.11 Å². The van der Waals surface area contributed by atoms with E-state index in [1.165, 1.54) is 19.2 Å². The van der Waals surface area contributed by atoms with Crippen LogP contribution in [0.5, 0.6) is 17.2 Å². The fourth-order valence-corrected chi connectivity index (χ4v) is 3.54. The Kier molecular flexibility index (Phi) is 5.06. The highest BCUT2D eigenvalue weighted by molar-refractivity contribution is 7.89. The Labute approximate surface area is 143 Å². The molecule has 11 heteroatoms. The minimum atomic E-state index is -4.74. The van der Waals surface area contributed by atoms with E-state index in [0.29, 0.717) is 11.8 Å². The van der Waals surface area contributed by atoms with Crippen molar-refractivity contribution in [1.29, 1.82) is 0 Å². The van der Waals surface area contributed by atoms with Crippen LogP contribution in [0.1, 0.15) is 0 Å². The van der Waals surface area contributed by atoms with Crippen LogP contribution in [-0.4, -0.2) is 28.5 Å². The van der Waals surface area contributed by atoms with Crippen LogP contribution >= 0.6 is 11.6 Å². The topological polar surface area (TPSA) is 133 Å². The van der Waals surface area contributed by atoms with Crippen LogP contribution in [0.3, 0.4) is 0 Å². The maximum Gasteiger partial charge on any atom is 0.296 e. The van der Waals surface area contributed by atoms with Crippen LogP contribution < -0.4 is 14.6 Å². The number of rotatable bonds is 5. The third kappa shape index (κ3) is 4.16. The lowest BCUT2D eigenvalue weighted by Crippen LogP contribution is -2.14. The molecule has 3 N–H and O–H groups in total. The maximum atomic E-state index is 11.7. The van der Waals surface area contributed by atoms with Gasteiger partial charge in [0.1, 0.15) is 27.0 Å². The van der Waals surface area contributed by atoms with Crippen LogP contribution in [0.4, 0.5) is 0 Å². The summed E-state index contributed by atoms with van der Waals surface area (Å²) in [6, 6.07) is 7.70. The van der Waals surface area contributed by atoms with Gasteiger partial charge in [0.25, 0.3) is 10.1 Å². The molecule has 0 bridgehead atoms. The molecule has 0 atom stereocenters. The third-order valence-electron chi connectivity index (χ3n) is 2.87. The molecule has 0 spiro atoms. The van der Waals surface area contributed by atoms with Gasteiger partial charge in [-0.25, -0.2) is 13.6 Å². The second-order valence-electron chi connectivity index (χ2n) is 4.53. The van der Waals surface area contributed by atoms with E-state index in [0.717, 1.165) is 6.07 Å². The molecule has 0 saturated heterocycles. The number of benzene rings is 2. The highest BCUT2D eigenvalue weighted by atomic mass is 35.5. The van der Waals surface area contributed by atoms with E-state index in [-0.39, 0.29) is 11.5 Å². The highest BCUT2D eigenvalue weighted by Crippen LogP contribution is 2.35. The summed E-state index contributed by atoms with van der Waals surface area (Å²) in [6.07, 6.45) is 0. The smallest absolute Gasteiger partial charge is 0.296 e. The zero-order valence-electron chi connectivity index (χ0n) is 12.1. The second-order valence-corrected chi connectivity index (χ2v) is 7.85. The molecule has 130 valence electrons. The standard InChI is InChI=1S/C13H12ClNO7S2/c1-21-8-2-4-9(5-3-8)22-11-6-10(14)12(24(18,19)20)7-13(11)23(15,16)17/h2-7H,1H3,(H2,15,16,17)(H,18,19,20). The molecule has 0 fully saturated rings. The van der Waals surface area contributed by atoms with Gasteiger partial charge in [0.2, 0.25) is 10.0 Å². The lowest BCUT2D eigenvalue weighted by molar-refractivity contribution is 0.412. The number of hydrogen-bond donors (Lipinski definition) is 2. The number of halogens is 1. The molecule has 0 radical (unpaired) electrons. The molecule has 0 aromatic heterocycles. The SMILES string of the molecule is COc1ccc(Oc2cc(Cl)c(S(=O)(=O)O)cc2S(N)(=O)=O)cc1. The Balaban J connectivity index is 2.58. The molecule has 0 aliphatic rings. The fourth-order valence-electron chi connectivity index (χ4n) is 1.79. The van der Waals surface area contributed by atoms with Crippen molar-refractivity contribution in [3.05, 3.63) is 41.4 Å². The van der Waals surface area contributed by atoms with Gasteiger partial charge in [0.15, 0.2) is 0 Å². The predicted octanol–water partition coefficient (Wildman–Crippen LogP) is 2.04. The summed E-state index contributed by atoms with van der Waals surface area (Å²) in [5.74, 6) is 0.491. The number of hydrogen-bond acceptors (Lipinski definition) is 6. The van der Waals surface area contributed by atoms with E-state index in [1.807, 2.05) is 0 Å². The van der Waals surface area contributed by atoms with E-state index in [1.54, 1.807) is 12.1 Å². The normalized spacial score (nSPS) is 12.0. The zero-order chi connectivity index (χ0) is 18.1. The molecule has 0 unspecified atom stereocenters. The summed E-state index contributed by atoms with van der Waals surface area (Å²) in [7, 11) is -7.61. The van der Waals surface area contributed by atoms with Crippen LogP contribution in [0.2, 0.25) is 5.02 Å². The van der Waals surface area contributed by atoms with Gasteiger partial charge in [0.05, 0.1) is 12.1 Å². The quantitative estimate of drug-likeness (QED) is 0.742. The Morgan fingerprint density at radius 1 is 1.00 bits per heavy atom. The van der Waals surface area contributed by atoms with Gasteiger partial charge in [-0.15, -0.1) is 0 Å². The summed E-state index contributed by atoms with van der Waals surface area (Å²) in [6.45, 7) is 0. The molecule has 2 rings (SSSR count). The molecule has 0 amide bonds. The van der Waals surface area contributed by atoms with Gasteiger partial charge in [-0.1, -0.05) is 11.6 Å². The summed E-state index contributed by atoms with van der Waals surface area (Å²) in [5.41, 5.74) is 0.